The largest absolute Gasteiger partial charge is 0.374 e. The van der Waals surface area contributed by atoms with Crippen molar-refractivity contribution in [1.29, 1.82) is 0 Å². The highest BCUT2D eigenvalue weighted by Crippen LogP contribution is 2.21. The van der Waals surface area contributed by atoms with Crippen molar-refractivity contribution in [2.45, 2.75) is 20.0 Å². The highest BCUT2D eigenvalue weighted by molar-refractivity contribution is 7.15. The molecule has 1 N–H and O–H groups in total. The second kappa shape index (κ2) is 5.12. The summed E-state index contributed by atoms with van der Waals surface area (Å²) < 4.78 is 5.68. The fourth-order valence-electron chi connectivity index (χ4n) is 1.74. The summed E-state index contributed by atoms with van der Waals surface area (Å²) in [5, 5.41) is 4.36. The molecular formula is C11H19N3OS. The minimum absolute atomic E-state index is 0.281. The Labute approximate surface area is 101 Å². The normalized spacial score (nSPS) is 22.3. The molecule has 4 nitrogen and oxygen atoms in total. The highest BCUT2D eigenvalue weighted by atomic mass is 32.1. The van der Waals surface area contributed by atoms with Gasteiger partial charge in [-0.3, -0.25) is 0 Å². The molecule has 0 amide bonds. The van der Waals surface area contributed by atoms with Crippen LogP contribution in [0.3, 0.4) is 0 Å². The van der Waals surface area contributed by atoms with E-state index >= 15 is 0 Å². The van der Waals surface area contributed by atoms with Crippen LogP contribution in [0.5, 0.6) is 0 Å². The number of hydrogen-bond acceptors (Lipinski definition) is 5. The maximum Gasteiger partial charge on any atom is 0.183 e. The van der Waals surface area contributed by atoms with E-state index in [-0.39, 0.29) is 6.10 Å². The van der Waals surface area contributed by atoms with Gasteiger partial charge in [-0.05, 0) is 20.9 Å². The Hall–Kier alpha value is -0.650. The SMILES string of the molecule is Cc1nc(NC[C@@H]2CN(C)CCO2)sc1C. The minimum Gasteiger partial charge on any atom is -0.374 e. The van der Waals surface area contributed by atoms with E-state index in [0.29, 0.717) is 0 Å². The van der Waals surface area contributed by atoms with Gasteiger partial charge in [0.15, 0.2) is 5.13 Å². The lowest BCUT2D eigenvalue weighted by Crippen LogP contribution is -2.43. The summed E-state index contributed by atoms with van der Waals surface area (Å²) in [4.78, 5) is 8.03. The molecule has 0 aromatic carbocycles. The number of hydrogen-bond donors (Lipinski definition) is 1. The van der Waals surface area contributed by atoms with Crippen LogP contribution in [0.4, 0.5) is 5.13 Å². The number of nitrogens with zero attached hydrogens (tertiary/aromatic N) is 2. The second-order valence-electron chi connectivity index (χ2n) is 4.30. The Morgan fingerprint density at radius 3 is 3.00 bits per heavy atom. The fourth-order valence-corrected chi connectivity index (χ4v) is 2.56. The van der Waals surface area contributed by atoms with Crippen LogP contribution in [-0.4, -0.2) is 49.3 Å². The van der Waals surface area contributed by atoms with Crippen LogP contribution in [0.25, 0.3) is 0 Å². The van der Waals surface area contributed by atoms with Gasteiger partial charge in [0.05, 0.1) is 18.4 Å². The van der Waals surface area contributed by atoms with Crippen LogP contribution in [0.15, 0.2) is 0 Å². The molecule has 5 heteroatoms. The third-order valence-electron chi connectivity index (χ3n) is 2.85. The molecular weight excluding hydrogens is 222 g/mol. The van der Waals surface area contributed by atoms with E-state index in [2.05, 4.69) is 29.2 Å². The average Bonchev–Trinajstić information content (AvgIpc) is 2.56. The Kier molecular flexibility index (Phi) is 3.78. The van der Waals surface area contributed by atoms with Gasteiger partial charge in [-0.2, -0.15) is 0 Å². The maximum absolute atomic E-state index is 5.68. The standard InChI is InChI=1S/C11H19N3OS/c1-8-9(2)16-11(13-8)12-6-10-7-14(3)4-5-15-10/h10H,4-7H2,1-3H3,(H,12,13)/t10-/m1/s1. The summed E-state index contributed by atoms with van der Waals surface area (Å²) in [7, 11) is 2.13. The Morgan fingerprint density at radius 2 is 2.38 bits per heavy atom. The number of ether oxygens (including phenoxy) is 1. The van der Waals surface area contributed by atoms with Crippen LogP contribution < -0.4 is 5.32 Å². The molecule has 2 heterocycles. The number of nitrogens with one attached hydrogen (secondary N) is 1. The lowest BCUT2D eigenvalue weighted by atomic mass is 10.3. The minimum atomic E-state index is 0.281. The quantitative estimate of drug-likeness (QED) is 0.870. The van der Waals surface area contributed by atoms with Crippen molar-refractivity contribution >= 4 is 16.5 Å². The molecule has 0 saturated carbocycles. The van der Waals surface area contributed by atoms with E-state index in [1.165, 1.54) is 4.88 Å². The predicted octanol–water partition coefficient (Wildman–Crippen LogP) is 1.50. The van der Waals surface area contributed by atoms with Gasteiger partial charge in [0.1, 0.15) is 0 Å². The molecule has 16 heavy (non-hydrogen) atoms. The Bertz CT molecular complexity index is 333. The summed E-state index contributed by atoms with van der Waals surface area (Å²) in [5.41, 5.74) is 1.12. The maximum atomic E-state index is 5.68. The molecule has 1 aliphatic rings. The van der Waals surface area contributed by atoms with E-state index in [9.17, 15) is 0 Å². The van der Waals surface area contributed by atoms with Crippen LogP contribution in [0.1, 0.15) is 10.6 Å². The third-order valence-corrected chi connectivity index (χ3v) is 3.88. The molecule has 0 aliphatic carbocycles. The fraction of sp³-hybridized carbons (Fsp3) is 0.727. The Morgan fingerprint density at radius 1 is 1.56 bits per heavy atom. The van der Waals surface area contributed by atoms with Gasteiger partial charge in [0.2, 0.25) is 0 Å². The van der Waals surface area contributed by atoms with Gasteiger partial charge in [-0.1, -0.05) is 0 Å². The van der Waals surface area contributed by atoms with E-state index in [1.54, 1.807) is 11.3 Å². The monoisotopic (exact) mass is 241 g/mol. The van der Waals surface area contributed by atoms with Crippen LogP contribution >= 0.6 is 11.3 Å². The average molecular weight is 241 g/mol. The molecule has 0 bridgehead atoms. The molecule has 1 atom stereocenters. The predicted molar refractivity (Wildman–Crippen MR) is 67.3 cm³/mol. The molecule has 90 valence electrons. The summed E-state index contributed by atoms with van der Waals surface area (Å²) in [6.07, 6.45) is 0.281. The zero-order valence-corrected chi connectivity index (χ0v) is 10.9. The third kappa shape index (κ3) is 2.93. The van der Waals surface area contributed by atoms with Crippen molar-refractivity contribution < 1.29 is 4.74 Å². The molecule has 2 rings (SSSR count). The zero-order valence-electron chi connectivity index (χ0n) is 10.1. The first-order chi connectivity index (χ1) is 7.65. The molecule has 0 spiro atoms. The molecule has 1 fully saturated rings. The van der Waals surface area contributed by atoms with Gasteiger partial charge < -0.3 is 15.0 Å². The number of anilines is 1. The zero-order chi connectivity index (χ0) is 11.5. The van der Waals surface area contributed by atoms with E-state index < -0.39 is 0 Å². The van der Waals surface area contributed by atoms with E-state index in [1.807, 2.05) is 6.92 Å². The van der Waals surface area contributed by atoms with Crippen molar-refractivity contribution in [3.63, 3.8) is 0 Å². The molecule has 1 aliphatic heterocycles. The van der Waals surface area contributed by atoms with Crippen molar-refractivity contribution in [1.82, 2.24) is 9.88 Å². The van der Waals surface area contributed by atoms with E-state index in [0.717, 1.165) is 37.1 Å². The Balaban J connectivity index is 1.82. The van der Waals surface area contributed by atoms with Crippen molar-refractivity contribution in [2.75, 3.05) is 38.6 Å². The van der Waals surface area contributed by atoms with Gasteiger partial charge in [0.25, 0.3) is 0 Å². The molecule has 1 aromatic rings. The van der Waals surface area contributed by atoms with Crippen molar-refractivity contribution in [3.05, 3.63) is 10.6 Å². The van der Waals surface area contributed by atoms with Crippen LogP contribution in [0, 0.1) is 13.8 Å². The van der Waals surface area contributed by atoms with Crippen molar-refractivity contribution in [3.8, 4) is 0 Å². The van der Waals surface area contributed by atoms with Gasteiger partial charge in [0, 0.05) is 24.5 Å². The number of morpholine rings is 1. The first kappa shape index (κ1) is 11.8. The summed E-state index contributed by atoms with van der Waals surface area (Å²) in [6, 6.07) is 0. The number of thiazole rings is 1. The molecule has 0 unspecified atom stereocenters. The number of aryl methyl sites for hydroxylation is 2. The van der Waals surface area contributed by atoms with Crippen molar-refractivity contribution in [2.24, 2.45) is 0 Å². The number of aromatic nitrogens is 1. The smallest absolute Gasteiger partial charge is 0.183 e. The summed E-state index contributed by atoms with van der Waals surface area (Å²) in [5.74, 6) is 0. The van der Waals surface area contributed by atoms with Gasteiger partial charge >= 0.3 is 0 Å². The highest BCUT2D eigenvalue weighted by Gasteiger charge is 2.17. The number of likely N-dealkylation sites (N-methyl/N-ethyl adjacent to an activating group) is 1. The van der Waals surface area contributed by atoms with Crippen LogP contribution in [0.2, 0.25) is 0 Å². The van der Waals surface area contributed by atoms with Gasteiger partial charge in [-0.25, -0.2) is 4.98 Å². The lowest BCUT2D eigenvalue weighted by molar-refractivity contribution is -0.0117. The molecule has 1 aromatic heterocycles. The summed E-state index contributed by atoms with van der Waals surface area (Å²) >= 11 is 1.71. The van der Waals surface area contributed by atoms with E-state index in [4.69, 9.17) is 4.74 Å². The molecule has 0 radical (unpaired) electrons. The first-order valence-electron chi connectivity index (χ1n) is 5.63. The summed E-state index contributed by atoms with van der Waals surface area (Å²) in [6.45, 7) is 7.85. The first-order valence-corrected chi connectivity index (χ1v) is 6.45. The second-order valence-corrected chi connectivity index (χ2v) is 5.50. The topological polar surface area (TPSA) is 37.4 Å². The number of rotatable bonds is 3. The lowest BCUT2D eigenvalue weighted by Gasteiger charge is -2.29. The molecule has 1 saturated heterocycles. The van der Waals surface area contributed by atoms with Gasteiger partial charge in [-0.15, -0.1) is 11.3 Å². The van der Waals surface area contributed by atoms with Crippen LogP contribution in [-0.2, 0) is 4.74 Å².